The number of rotatable bonds is 4. The first kappa shape index (κ1) is 19.0. The van der Waals surface area contributed by atoms with Gasteiger partial charge >= 0.3 is 0 Å². The minimum Gasteiger partial charge on any atom is -0.348 e. The van der Waals surface area contributed by atoms with Crippen LogP contribution in [0.15, 0.2) is 12.4 Å². The van der Waals surface area contributed by atoms with Crippen molar-refractivity contribution in [2.75, 3.05) is 6.54 Å². The summed E-state index contributed by atoms with van der Waals surface area (Å²) >= 11 is 0. The standard InChI is InChI=1S/C16H28N4O.ClH/c1-16(2,3)14(12-9-18-20(4)10-12)19-15(21)13-7-5-6-11(13)8-17;/h9-11,13-14H,5-8,17H2,1-4H3,(H,19,21);1H/t11-,13-,14?;/m1./s1. The van der Waals surface area contributed by atoms with Crippen molar-refractivity contribution < 1.29 is 4.79 Å². The SMILES string of the molecule is Cl.Cn1cc(C(NC(=O)[C@@H]2CCC[C@@H]2CN)C(C)(C)C)cn1. The lowest BCUT2D eigenvalue weighted by Gasteiger charge is -2.32. The molecule has 0 bridgehead atoms. The molecule has 1 aromatic rings. The van der Waals surface area contributed by atoms with Crippen LogP contribution in [0.2, 0.25) is 0 Å². The largest absolute Gasteiger partial charge is 0.348 e. The van der Waals surface area contributed by atoms with Gasteiger partial charge in [-0.2, -0.15) is 5.10 Å². The summed E-state index contributed by atoms with van der Waals surface area (Å²) in [7, 11) is 1.90. The topological polar surface area (TPSA) is 72.9 Å². The summed E-state index contributed by atoms with van der Waals surface area (Å²) in [5.74, 6) is 0.544. The van der Waals surface area contributed by atoms with Gasteiger partial charge in [0.05, 0.1) is 12.2 Å². The van der Waals surface area contributed by atoms with Crippen LogP contribution in [-0.2, 0) is 11.8 Å². The van der Waals surface area contributed by atoms with E-state index < -0.39 is 0 Å². The molecule has 0 spiro atoms. The molecule has 3 N–H and O–H groups in total. The molecule has 0 aromatic carbocycles. The maximum absolute atomic E-state index is 12.7. The highest BCUT2D eigenvalue weighted by atomic mass is 35.5. The van der Waals surface area contributed by atoms with Crippen LogP contribution in [-0.4, -0.2) is 22.2 Å². The van der Waals surface area contributed by atoms with E-state index in [1.165, 1.54) is 0 Å². The van der Waals surface area contributed by atoms with Gasteiger partial charge in [0, 0.05) is 24.7 Å². The molecule has 1 aliphatic carbocycles. The zero-order chi connectivity index (χ0) is 15.6. The predicted molar refractivity (Wildman–Crippen MR) is 90.7 cm³/mol. The number of aromatic nitrogens is 2. The van der Waals surface area contributed by atoms with Gasteiger partial charge in [0.15, 0.2) is 0 Å². The zero-order valence-electron chi connectivity index (χ0n) is 14.0. The Morgan fingerprint density at radius 1 is 1.50 bits per heavy atom. The highest BCUT2D eigenvalue weighted by molar-refractivity contribution is 5.85. The molecule has 6 heteroatoms. The summed E-state index contributed by atoms with van der Waals surface area (Å²) < 4.78 is 1.78. The number of hydrogen-bond acceptors (Lipinski definition) is 3. The second kappa shape index (κ2) is 7.47. The van der Waals surface area contributed by atoms with E-state index in [0.29, 0.717) is 12.5 Å². The van der Waals surface area contributed by atoms with Crippen LogP contribution in [0.3, 0.4) is 0 Å². The van der Waals surface area contributed by atoms with Crippen molar-refractivity contribution in [2.24, 2.45) is 30.0 Å². The maximum atomic E-state index is 12.7. The number of amides is 1. The van der Waals surface area contributed by atoms with Gasteiger partial charge in [-0.25, -0.2) is 0 Å². The normalized spacial score (nSPS) is 23.0. The highest BCUT2D eigenvalue weighted by Gasteiger charge is 2.36. The first-order valence-electron chi connectivity index (χ1n) is 7.82. The van der Waals surface area contributed by atoms with Gasteiger partial charge < -0.3 is 11.1 Å². The van der Waals surface area contributed by atoms with Crippen LogP contribution in [0.5, 0.6) is 0 Å². The van der Waals surface area contributed by atoms with E-state index in [4.69, 9.17) is 5.73 Å². The van der Waals surface area contributed by atoms with Gasteiger partial charge in [0.2, 0.25) is 5.91 Å². The Balaban J connectivity index is 0.00000242. The molecule has 0 radical (unpaired) electrons. The van der Waals surface area contributed by atoms with Crippen molar-refractivity contribution in [1.82, 2.24) is 15.1 Å². The van der Waals surface area contributed by atoms with Gasteiger partial charge in [-0.1, -0.05) is 27.2 Å². The number of carbonyl (C=O) groups is 1. The van der Waals surface area contributed by atoms with E-state index in [9.17, 15) is 4.79 Å². The van der Waals surface area contributed by atoms with Gasteiger partial charge in [-0.3, -0.25) is 9.48 Å². The Kier molecular flexibility index (Phi) is 6.44. The van der Waals surface area contributed by atoms with E-state index in [2.05, 4.69) is 31.2 Å². The number of nitrogens with one attached hydrogen (secondary N) is 1. The Bertz CT molecular complexity index is 495. The number of hydrogen-bond donors (Lipinski definition) is 2. The van der Waals surface area contributed by atoms with Gasteiger partial charge in [-0.05, 0) is 30.7 Å². The van der Waals surface area contributed by atoms with Crippen LogP contribution in [0.1, 0.15) is 51.6 Å². The molecule has 22 heavy (non-hydrogen) atoms. The molecule has 2 rings (SSSR count). The Hall–Kier alpha value is -1.07. The Morgan fingerprint density at radius 3 is 2.68 bits per heavy atom. The van der Waals surface area contributed by atoms with Crippen LogP contribution in [0.25, 0.3) is 0 Å². The molecular weight excluding hydrogens is 300 g/mol. The summed E-state index contributed by atoms with van der Waals surface area (Å²) in [6.07, 6.45) is 6.95. The fourth-order valence-electron chi connectivity index (χ4n) is 3.30. The summed E-state index contributed by atoms with van der Waals surface area (Å²) in [5.41, 5.74) is 6.80. The molecule has 1 saturated carbocycles. The number of nitrogens with two attached hydrogens (primary N) is 1. The molecule has 1 aromatic heterocycles. The molecule has 1 unspecified atom stereocenters. The average Bonchev–Trinajstić information content (AvgIpc) is 3.02. The smallest absolute Gasteiger partial charge is 0.223 e. The molecule has 1 aliphatic rings. The van der Waals surface area contributed by atoms with Gasteiger partial charge in [0.1, 0.15) is 0 Å². The monoisotopic (exact) mass is 328 g/mol. The van der Waals surface area contributed by atoms with Crippen LogP contribution < -0.4 is 11.1 Å². The maximum Gasteiger partial charge on any atom is 0.223 e. The van der Waals surface area contributed by atoms with Crippen LogP contribution >= 0.6 is 12.4 Å². The lowest BCUT2D eigenvalue weighted by molar-refractivity contribution is -0.127. The molecule has 126 valence electrons. The molecule has 0 aliphatic heterocycles. The summed E-state index contributed by atoms with van der Waals surface area (Å²) in [5, 5.41) is 7.48. The molecule has 5 nitrogen and oxygen atoms in total. The minimum atomic E-state index is -0.0600. The first-order valence-corrected chi connectivity index (χ1v) is 7.82. The molecule has 3 atom stereocenters. The van der Waals surface area contributed by atoms with E-state index >= 15 is 0 Å². The zero-order valence-corrected chi connectivity index (χ0v) is 14.8. The fourth-order valence-corrected chi connectivity index (χ4v) is 3.30. The lowest BCUT2D eigenvalue weighted by Crippen LogP contribution is -2.41. The lowest BCUT2D eigenvalue weighted by atomic mass is 9.82. The van der Waals surface area contributed by atoms with E-state index in [-0.39, 0.29) is 35.7 Å². The fraction of sp³-hybridized carbons (Fsp3) is 0.750. The first-order chi connectivity index (χ1) is 9.82. The summed E-state index contributed by atoms with van der Waals surface area (Å²) in [6.45, 7) is 7.02. The van der Waals surface area contributed by atoms with E-state index in [1.54, 1.807) is 4.68 Å². The highest BCUT2D eigenvalue weighted by Crippen LogP contribution is 2.35. The number of aryl methyl sites for hydroxylation is 1. The summed E-state index contributed by atoms with van der Waals surface area (Å²) in [4.78, 5) is 12.7. The summed E-state index contributed by atoms with van der Waals surface area (Å²) in [6, 6.07) is -0.0299. The quantitative estimate of drug-likeness (QED) is 0.891. The van der Waals surface area contributed by atoms with E-state index in [1.807, 2.05) is 19.4 Å². The van der Waals surface area contributed by atoms with Crippen LogP contribution in [0.4, 0.5) is 0 Å². The number of carbonyl (C=O) groups excluding carboxylic acids is 1. The number of halogens is 1. The van der Waals surface area contributed by atoms with Crippen molar-refractivity contribution in [3.8, 4) is 0 Å². The van der Waals surface area contributed by atoms with Crippen molar-refractivity contribution >= 4 is 18.3 Å². The molecule has 1 heterocycles. The third kappa shape index (κ3) is 4.23. The van der Waals surface area contributed by atoms with E-state index in [0.717, 1.165) is 24.8 Å². The van der Waals surface area contributed by atoms with Crippen molar-refractivity contribution in [1.29, 1.82) is 0 Å². The number of nitrogens with zero attached hydrogens (tertiary/aromatic N) is 2. The molecule has 1 amide bonds. The van der Waals surface area contributed by atoms with Gasteiger partial charge in [0.25, 0.3) is 0 Å². The predicted octanol–water partition coefficient (Wildman–Crippen LogP) is 2.42. The third-order valence-electron chi connectivity index (χ3n) is 4.51. The average molecular weight is 329 g/mol. The van der Waals surface area contributed by atoms with Crippen molar-refractivity contribution in [3.05, 3.63) is 18.0 Å². The Labute approximate surface area is 139 Å². The van der Waals surface area contributed by atoms with Gasteiger partial charge in [-0.15, -0.1) is 12.4 Å². The molecule has 0 saturated heterocycles. The Morgan fingerprint density at radius 2 is 2.18 bits per heavy atom. The molecule has 1 fully saturated rings. The second-order valence-electron chi connectivity index (χ2n) is 7.29. The second-order valence-corrected chi connectivity index (χ2v) is 7.29. The van der Waals surface area contributed by atoms with Crippen LogP contribution in [0, 0.1) is 17.3 Å². The van der Waals surface area contributed by atoms with Crippen molar-refractivity contribution in [2.45, 2.75) is 46.1 Å². The minimum absolute atomic E-state index is 0. The molecular formula is C16H29ClN4O. The van der Waals surface area contributed by atoms with Crippen molar-refractivity contribution in [3.63, 3.8) is 0 Å². The third-order valence-corrected chi connectivity index (χ3v) is 4.51.